The number of Topliss-reactive ketones (excluding diaryl/α,β-unsaturated/α-hetero) is 1. The first-order valence-corrected chi connectivity index (χ1v) is 13.2. The van der Waals surface area contributed by atoms with Crippen LogP contribution in [0, 0.1) is 0 Å². The van der Waals surface area contributed by atoms with E-state index in [9.17, 15) is 19.5 Å². The monoisotopic (exact) mass is 549 g/mol. The van der Waals surface area contributed by atoms with Gasteiger partial charge in [0, 0.05) is 29.1 Å². The zero-order valence-corrected chi connectivity index (χ0v) is 23.4. The zero-order valence-electron chi connectivity index (χ0n) is 23.4. The number of rotatable bonds is 7. The largest absolute Gasteiger partial charge is 0.392 e. The zero-order chi connectivity index (χ0) is 29.5. The molecule has 5 aromatic rings. The molecule has 41 heavy (non-hydrogen) atoms. The molecular weight excluding hydrogens is 518 g/mol. The fourth-order valence-corrected chi connectivity index (χ4v) is 4.85. The van der Waals surface area contributed by atoms with Gasteiger partial charge in [-0.25, -0.2) is 4.68 Å². The topological polar surface area (TPSA) is 133 Å². The minimum atomic E-state index is -0.643. The van der Waals surface area contributed by atoms with Gasteiger partial charge in [-0.2, -0.15) is 14.9 Å². The minimum absolute atomic E-state index is 0.0373. The van der Waals surface area contributed by atoms with Crippen LogP contribution in [0.25, 0.3) is 22.1 Å². The third-order valence-electron chi connectivity index (χ3n) is 7.20. The summed E-state index contributed by atoms with van der Waals surface area (Å²) in [7, 11) is 0. The van der Waals surface area contributed by atoms with Gasteiger partial charge in [0.2, 0.25) is 0 Å². The van der Waals surface area contributed by atoms with Gasteiger partial charge in [0.25, 0.3) is 11.5 Å². The highest BCUT2D eigenvalue weighted by Gasteiger charge is 2.20. The molecule has 0 aliphatic rings. The van der Waals surface area contributed by atoms with Gasteiger partial charge in [0.05, 0.1) is 40.8 Å². The molecule has 1 amide bonds. The van der Waals surface area contributed by atoms with Gasteiger partial charge in [-0.1, -0.05) is 57.2 Å². The lowest BCUT2D eigenvalue weighted by Gasteiger charge is -2.19. The standard InChI is InChI=1S/C32H31N5O4/c1-19(39)21-10-8-20(9-11-21)14-27-25(30(33)40)17-36(35-27)28-6-5-7-29(26(28)18-38)37-31(41)24-13-12-23(32(2,3)4)15-22(24)16-34-37/h5-13,15-17,38H,14,18H2,1-4H3,(H2,33,40). The second kappa shape index (κ2) is 10.6. The van der Waals surface area contributed by atoms with E-state index >= 15 is 0 Å². The van der Waals surface area contributed by atoms with Gasteiger partial charge < -0.3 is 10.8 Å². The first kappa shape index (κ1) is 27.7. The lowest BCUT2D eigenvalue weighted by Crippen LogP contribution is -2.23. The highest BCUT2D eigenvalue weighted by Crippen LogP contribution is 2.26. The first-order chi connectivity index (χ1) is 19.5. The van der Waals surface area contributed by atoms with E-state index < -0.39 is 12.5 Å². The normalized spacial score (nSPS) is 11.6. The van der Waals surface area contributed by atoms with Crippen LogP contribution >= 0.6 is 0 Å². The summed E-state index contributed by atoms with van der Waals surface area (Å²) in [6, 6.07) is 18.0. The molecule has 0 spiro atoms. The maximum atomic E-state index is 13.5. The van der Waals surface area contributed by atoms with Gasteiger partial charge in [-0.15, -0.1) is 0 Å². The molecule has 0 fully saturated rings. The summed E-state index contributed by atoms with van der Waals surface area (Å²) in [5.74, 6) is -0.680. The number of ketones is 1. The van der Waals surface area contributed by atoms with Crippen LogP contribution in [0.3, 0.4) is 0 Å². The number of aliphatic hydroxyl groups excluding tert-OH is 1. The summed E-state index contributed by atoms with van der Waals surface area (Å²) in [6.45, 7) is 7.41. The molecule has 2 aromatic heterocycles. The number of carbonyl (C=O) groups is 2. The molecule has 0 atom stereocenters. The van der Waals surface area contributed by atoms with Crippen LogP contribution < -0.4 is 11.3 Å². The highest BCUT2D eigenvalue weighted by atomic mass is 16.3. The van der Waals surface area contributed by atoms with Crippen LogP contribution in [-0.2, 0) is 18.4 Å². The number of aliphatic hydroxyl groups is 1. The van der Waals surface area contributed by atoms with Gasteiger partial charge >= 0.3 is 0 Å². The van der Waals surface area contributed by atoms with E-state index in [1.807, 2.05) is 24.3 Å². The number of primary amides is 1. The molecule has 0 bridgehead atoms. The second-order valence-corrected chi connectivity index (χ2v) is 11.1. The minimum Gasteiger partial charge on any atom is -0.392 e. The van der Waals surface area contributed by atoms with E-state index in [0.717, 1.165) is 16.5 Å². The number of hydrogen-bond acceptors (Lipinski definition) is 6. The predicted octanol–water partition coefficient (Wildman–Crippen LogP) is 4.25. The number of aromatic nitrogens is 4. The summed E-state index contributed by atoms with van der Waals surface area (Å²) in [5.41, 5.74) is 9.77. The Labute approximate surface area is 236 Å². The van der Waals surface area contributed by atoms with E-state index in [2.05, 4.69) is 31.0 Å². The lowest BCUT2D eigenvalue weighted by atomic mass is 9.86. The van der Waals surface area contributed by atoms with Crippen LogP contribution in [0.15, 0.2) is 77.9 Å². The van der Waals surface area contributed by atoms with Crippen molar-refractivity contribution in [2.24, 2.45) is 5.73 Å². The number of nitrogens with zero attached hydrogens (tertiary/aromatic N) is 4. The maximum absolute atomic E-state index is 13.5. The first-order valence-electron chi connectivity index (χ1n) is 13.2. The number of fused-ring (bicyclic) bond motifs is 1. The molecule has 3 aromatic carbocycles. The number of benzene rings is 3. The molecule has 0 radical (unpaired) electrons. The van der Waals surface area contributed by atoms with E-state index in [0.29, 0.717) is 40.0 Å². The second-order valence-electron chi connectivity index (χ2n) is 11.1. The fraction of sp³-hybridized carbons (Fsp3) is 0.219. The van der Waals surface area contributed by atoms with E-state index in [-0.39, 0.29) is 22.3 Å². The molecule has 0 saturated heterocycles. The van der Waals surface area contributed by atoms with Crippen molar-refractivity contribution in [2.75, 3.05) is 0 Å². The summed E-state index contributed by atoms with van der Waals surface area (Å²) in [6.07, 6.45) is 3.47. The predicted molar refractivity (Wildman–Crippen MR) is 157 cm³/mol. The van der Waals surface area contributed by atoms with Crippen molar-refractivity contribution in [1.82, 2.24) is 19.6 Å². The number of carbonyl (C=O) groups excluding carboxylic acids is 2. The third-order valence-corrected chi connectivity index (χ3v) is 7.20. The van der Waals surface area contributed by atoms with Crippen molar-refractivity contribution in [3.8, 4) is 11.4 Å². The Morgan fingerprint density at radius 3 is 2.34 bits per heavy atom. The average molecular weight is 550 g/mol. The van der Waals surface area contributed by atoms with Crippen LogP contribution in [0.4, 0.5) is 0 Å². The molecule has 0 unspecified atom stereocenters. The number of amides is 1. The molecular formula is C32H31N5O4. The molecule has 0 aliphatic carbocycles. The van der Waals surface area contributed by atoms with Gasteiger partial charge in [0.15, 0.2) is 5.78 Å². The molecule has 0 saturated carbocycles. The van der Waals surface area contributed by atoms with Crippen LogP contribution in [0.1, 0.15) is 70.8 Å². The summed E-state index contributed by atoms with van der Waals surface area (Å²) in [5, 5.41) is 20.8. The lowest BCUT2D eigenvalue weighted by molar-refractivity contribution is 0.0995. The summed E-state index contributed by atoms with van der Waals surface area (Å²) in [4.78, 5) is 37.5. The Hall–Kier alpha value is -4.89. The Balaban J connectivity index is 1.58. The van der Waals surface area contributed by atoms with E-state index in [4.69, 9.17) is 5.73 Å². The number of hydrogen-bond donors (Lipinski definition) is 2. The fourth-order valence-electron chi connectivity index (χ4n) is 4.85. The maximum Gasteiger partial charge on any atom is 0.279 e. The van der Waals surface area contributed by atoms with Crippen molar-refractivity contribution in [3.63, 3.8) is 0 Å². The summed E-state index contributed by atoms with van der Waals surface area (Å²) >= 11 is 0. The molecule has 9 nitrogen and oxygen atoms in total. The van der Waals surface area contributed by atoms with E-state index in [1.54, 1.807) is 42.6 Å². The van der Waals surface area contributed by atoms with Crippen molar-refractivity contribution < 1.29 is 14.7 Å². The van der Waals surface area contributed by atoms with Crippen molar-refractivity contribution in [2.45, 2.75) is 46.1 Å². The van der Waals surface area contributed by atoms with Gasteiger partial charge in [0.1, 0.15) is 0 Å². The molecule has 9 heteroatoms. The molecule has 3 N–H and O–H groups in total. The van der Waals surface area contributed by atoms with Crippen LogP contribution in [0.5, 0.6) is 0 Å². The molecule has 2 heterocycles. The highest BCUT2D eigenvalue weighted by molar-refractivity contribution is 5.94. The SMILES string of the molecule is CC(=O)c1ccc(Cc2nn(-c3cccc(-n4ncc5cc(C(C)(C)C)ccc5c4=O)c3CO)cc2C(N)=O)cc1. The molecule has 208 valence electrons. The van der Waals surface area contributed by atoms with Gasteiger partial charge in [-0.3, -0.25) is 14.4 Å². The Kier molecular flexibility index (Phi) is 7.15. The third kappa shape index (κ3) is 5.31. The number of nitrogens with two attached hydrogens (primary N) is 1. The molecule has 0 aliphatic heterocycles. The summed E-state index contributed by atoms with van der Waals surface area (Å²) < 4.78 is 2.75. The quantitative estimate of drug-likeness (QED) is 0.292. The van der Waals surface area contributed by atoms with Gasteiger partial charge in [-0.05, 0) is 47.7 Å². The average Bonchev–Trinajstić information content (AvgIpc) is 3.36. The Morgan fingerprint density at radius 1 is 1.00 bits per heavy atom. The van der Waals surface area contributed by atoms with Crippen LogP contribution in [0.2, 0.25) is 0 Å². The molecule has 5 rings (SSSR count). The Morgan fingerprint density at radius 2 is 1.71 bits per heavy atom. The smallest absolute Gasteiger partial charge is 0.279 e. The van der Waals surface area contributed by atoms with E-state index in [1.165, 1.54) is 22.5 Å². The van der Waals surface area contributed by atoms with Crippen molar-refractivity contribution >= 4 is 22.5 Å². The van der Waals surface area contributed by atoms with Crippen molar-refractivity contribution in [3.05, 3.63) is 117 Å². The van der Waals surface area contributed by atoms with Crippen molar-refractivity contribution in [1.29, 1.82) is 0 Å². The Bertz CT molecular complexity index is 1860. The van der Waals surface area contributed by atoms with Crippen LogP contribution in [-0.4, -0.2) is 36.4 Å².